The van der Waals surface area contributed by atoms with Gasteiger partial charge in [0.25, 0.3) is 0 Å². The Kier molecular flexibility index (Phi) is 3.85. The van der Waals surface area contributed by atoms with Crippen LogP contribution in [0.25, 0.3) is 0 Å². The summed E-state index contributed by atoms with van der Waals surface area (Å²) in [7, 11) is 0. The molecule has 2 atom stereocenters. The Morgan fingerprint density at radius 3 is 3.00 bits per heavy atom. The highest BCUT2D eigenvalue weighted by Crippen LogP contribution is 2.29. The van der Waals surface area contributed by atoms with Gasteiger partial charge in [-0.25, -0.2) is 0 Å². The molecular weight excluding hydrogens is 210 g/mol. The summed E-state index contributed by atoms with van der Waals surface area (Å²) in [6.07, 6.45) is 1.07. The number of benzene rings is 1. The van der Waals surface area contributed by atoms with Crippen molar-refractivity contribution in [2.75, 3.05) is 13.2 Å². The number of nitrogens with one attached hydrogen (secondary N) is 1. The van der Waals surface area contributed by atoms with Crippen molar-refractivity contribution in [3.8, 4) is 5.75 Å². The molecule has 0 fully saturated rings. The van der Waals surface area contributed by atoms with Crippen LogP contribution < -0.4 is 10.1 Å². The van der Waals surface area contributed by atoms with Crippen LogP contribution in [0.3, 0.4) is 0 Å². The topological polar surface area (TPSA) is 21.3 Å². The molecule has 0 bridgehead atoms. The third-order valence-electron chi connectivity index (χ3n) is 3.33. The van der Waals surface area contributed by atoms with E-state index in [2.05, 4.69) is 43.9 Å². The third-order valence-corrected chi connectivity index (χ3v) is 3.33. The second-order valence-corrected chi connectivity index (χ2v) is 4.76. The van der Waals surface area contributed by atoms with E-state index in [9.17, 15) is 0 Å². The Balaban J connectivity index is 2.13. The van der Waals surface area contributed by atoms with Crippen LogP contribution in [0.2, 0.25) is 0 Å². The average molecular weight is 231 g/mol. The fourth-order valence-electron chi connectivity index (χ4n) is 2.53. The Morgan fingerprint density at radius 1 is 1.53 bits per heavy atom. The van der Waals surface area contributed by atoms with E-state index in [0.29, 0.717) is 12.0 Å². The number of para-hydroxylation sites is 1. The summed E-state index contributed by atoms with van der Waals surface area (Å²) in [4.78, 5) is 0. The van der Waals surface area contributed by atoms with E-state index in [4.69, 9.17) is 4.74 Å². The molecule has 1 aliphatic rings. The normalized spacial score (nSPS) is 20.2. The Hall–Kier alpha value is -1.28. The second-order valence-electron chi connectivity index (χ2n) is 4.76. The zero-order valence-electron chi connectivity index (χ0n) is 10.7. The molecule has 0 amide bonds. The molecule has 0 saturated carbocycles. The summed E-state index contributed by atoms with van der Waals surface area (Å²) in [5.74, 6) is 1.53. The van der Waals surface area contributed by atoms with Gasteiger partial charge in [0.15, 0.2) is 0 Å². The molecule has 2 unspecified atom stereocenters. The van der Waals surface area contributed by atoms with E-state index in [0.717, 1.165) is 25.3 Å². The van der Waals surface area contributed by atoms with Crippen LogP contribution in [0.1, 0.15) is 19.4 Å². The van der Waals surface area contributed by atoms with Crippen molar-refractivity contribution < 1.29 is 4.74 Å². The van der Waals surface area contributed by atoms with Crippen LogP contribution in [-0.2, 0) is 6.42 Å². The lowest BCUT2D eigenvalue weighted by molar-refractivity contribution is 0.196. The molecule has 1 heterocycles. The predicted octanol–water partition coefficient (Wildman–Crippen LogP) is 2.79. The monoisotopic (exact) mass is 231 g/mol. The first-order valence-electron chi connectivity index (χ1n) is 6.32. The summed E-state index contributed by atoms with van der Waals surface area (Å²) >= 11 is 0. The van der Waals surface area contributed by atoms with Gasteiger partial charge in [-0.05, 0) is 31.5 Å². The van der Waals surface area contributed by atoms with Gasteiger partial charge in [0.05, 0.1) is 6.61 Å². The maximum Gasteiger partial charge on any atom is 0.122 e. The summed E-state index contributed by atoms with van der Waals surface area (Å²) in [5.41, 5.74) is 2.51. The molecule has 0 aliphatic carbocycles. The number of ether oxygens (including phenoxy) is 1. The van der Waals surface area contributed by atoms with Crippen LogP contribution in [0.4, 0.5) is 0 Å². The Labute approximate surface area is 104 Å². The lowest BCUT2D eigenvalue weighted by atomic mass is 9.87. The largest absolute Gasteiger partial charge is 0.493 e. The number of likely N-dealkylation sites (N-methyl/N-ethyl adjacent to an activating group) is 1. The lowest BCUT2D eigenvalue weighted by Crippen LogP contribution is -2.42. The third kappa shape index (κ3) is 2.70. The number of rotatable bonds is 4. The predicted molar refractivity (Wildman–Crippen MR) is 71.4 cm³/mol. The van der Waals surface area contributed by atoms with Gasteiger partial charge in [-0.15, -0.1) is 0 Å². The van der Waals surface area contributed by atoms with E-state index >= 15 is 0 Å². The van der Waals surface area contributed by atoms with Gasteiger partial charge in [-0.3, -0.25) is 0 Å². The van der Waals surface area contributed by atoms with Gasteiger partial charge < -0.3 is 10.1 Å². The maximum atomic E-state index is 5.83. The van der Waals surface area contributed by atoms with Crippen molar-refractivity contribution in [3.63, 3.8) is 0 Å². The number of fused-ring (bicyclic) bond motifs is 1. The molecule has 2 rings (SSSR count). The molecule has 1 aromatic rings. The standard InChI is InChI=1S/C15H21NO/c1-4-16-15(11(2)3)13-9-12-7-5-6-8-14(12)17-10-13/h5-8,13,15-16H,2,4,9-10H2,1,3H3. The van der Waals surface area contributed by atoms with E-state index in [1.807, 2.05) is 6.07 Å². The van der Waals surface area contributed by atoms with E-state index < -0.39 is 0 Å². The summed E-state index contributed by atoms with van der Waals surface area (Å²) in [6, 6.07) is 8.67. The van der Waals surface area contributed by atoms with Crippen molar-refractivity contribution in [2.45, 2.75) is 26.3 Å². The van der Waals surface area contributed by atoms with Crippen LogP contribution in [0, 0.1) is 5.92 Å². The molecule has 92 valence electrons. The number of hydrogen-bond donors (Lipinski definition) is 1. The molecule has 2 heteroatoms. The first-order chi connectivity index (χ1) is 8.22. The van der Waals surface area contributed by atoms with Crippen molar-refractivity contribution in [1.82, 2.24) is 5.32 Å². The maximum absolute atomic E-state index is 5.83. The van der Waals surface area contributed by atoms with Crippen molar-refractivity contribution in [2.24, 2.45) is 5.92 Å². The Bertz CT molecular complexity index is 400. The van der Waals surface area contributed by atoms with Gasteiger partial charge in [0, 0.05) is 12.0 Å². The van der Waals surface area contributed by atoms with Crippen LogP contribution in [0.15, 0.2) is 36.4 Å². The van der Waals surface area contributed by atoms with Gasteiger partial charge >= 0.3 is 0 Å². The highest BCUT2D eigenvalue weighted by molar-refractivity contribution is 5.35. The SMILES string of the molecule is C=C(C)C(NCC)C1COc2ccccc2C1. The minimum absolute atomic E-state index is 0.355. The molecular formula is C15H21NO. The van der Waals surface area contributed by atoms with E-state index in [1.165, 1.54) is 11.1 Å². The molecule has 1 N–H and O–H groups in total. The zero-order valence-corrected chi connectivity index (χ0v) is 10.7. The second kappa shape index (κ2) is 5.37. The van der Waals surface area contributed by atoms with E-state index in [-0.39, 0.29) is 0 Å². The van der Waals surface area contributed by atoms with Crippen molar-refractivity contribution in [3.05, 3.63) is 42.0 Å². The van der Waals surface area contributed by atoms with Gasteiger partial charge in [0.2, 0.25) is 0 Å². The summed E-state index contributed by atoms with van der Waals surface area (Å²) in [5, 5.41) is 3.50. The quantitative estimate of drug-likeness (QED) is 0.805. The van der Waals surface area contributed by atoms with Crippen molar-refractivity contribution in [1.29, 1.82) is 0 Å². The molecule has 17 heavy (non-hydrogen) atoms. The molecule has 2 nitrogen and oxygen atoms in total. The fraction of sp³-hybridized carbons (Fsp3) is 0.467. The number of hydrogen-bond acceptors (Lipinski definition) is 2. The van der Waals surface area contributed by atoms with Gasteiger partial charge in [0.1, 0.15) is 5.75 Å². The lowest BCUT2D eigenvalue weighted by Gasteiger charge is -2.32. The van der Waals surface area contributed by atoms with E-state index in [1.54, 1.807) is 0 Å². The van der Waals surface area contributed by atoms with Crippen molar-refractivity contribution >= 4 is 0 Å². The first kappa shape index (κ1) is 12.2. The van der Waals surface area contributed by atoms with Crippen LogP contribution in [0.5, 0.6) is 5.75 Å². The first-order valence-corrected chi connectivity index (χ1v) is 6.32. The smallest absolute Gasteiger partial charge is 0.122 e. The molecule has 1 aromatic carbocycles. The van der Waals surface area contributed by atoms with Crippen LogP contribution in [-0.4, -0.2) is 19.2 Å². The zero-order chi connectivity index (χ0) is 12.3. The molecule has 1 aliphatic heterocycles. The van der Waals surface area contributed by atoms with Crippen LogP contribution >= 0.6 is 0 Å². The summed E-state index contributed by atoms with van der Waals surface area (Å²) < 4.78 is 5.83. The molecule has 0 saturated heterocycles. The minimum Gasteiger partial charge on any atom is -0.493 e. The highest BCUT2D eigenvalue weighted by atomic mass is 16.5. The molecule has 0 radical (unpaired) electrons. The minimum atomic E-state index is 0.355. The van der Waals surface area contributed by atoms with Gasteiger partial charge in [-0.2, -0.15) is 0 Å². The molecule has 0 spiro atoms. The fourth-order valence-corrected chi connectivity index (χ4v) is 2.53. The van der Waals surface area contributed by atoms with Gasteiger partial charge in [-0.1, -0.05) is 37.3 Å². The Morgan fingerprint density at radius 2 is 2.29 bits per heavy atom. The average Bonchev–Trinajstić information content (AvgIpc) is 2.35. The highest BCUT2D eigenvalue weighted by Gasteiger charge is 2.27. The summed E-state index contributed by atoms with van der Waals surface area (Å²) in [6.45, 7) is 10.1. The molecule has 0 aromatic heterocycles.